The van der Waals surface area contributed by atoms with Crippen LogP contribution in [0.15, 0.2) is 53.0 Å². The van der Waals surface area contributed by atoms with E-state index in [-0.39, 0.29) is 19.3 Å². The number of esters is 1. The first kappa shape index (κ1) is 21.0. The monoisotopic (exact) mass is 449 g/mol. The van der Waals surface area contributed by atoms with Crippen molar-refractivity contribution >= 4 is 29.1 Å². The molecule has 2 aliphatic heterocycles. The highest BCUT2D eigenvalue weighted by Gasteiger charge is 2.22. The predicted molar refractivity (Wildman–Crippen MR) is 118 cm³/mol. The SMILES string of the molecule is O=C(/C=C/c1nc2ccccc2o1)OCC(=O)N1CCN(Cc2ccc3c(c2)OCO3)CC1. The van der Waals surface area contributed by atoms with E-state index in [2.05, 4.69) is 9.88 Å². The van der Waals surface area contributed by atoms with Gasteiger partial charge in [-0.1, -0.05) is 18.2 Å². The molecule has 3 aromatic rings. The van der Waals surface area contributed by atoms with E-state index in [4.69, 9.17) is 18.6 Å². The maximum Gasteiger partial charge on any atom is 0.331 e. The molecule has 170 valence electrons. The van der Waals surface area contributed by atoms with Crippen molar-refractivity contribution in [2.75, 3.05) is 39.6 Å². The highest BCUT2D eigenvalue weighted by molar-refractivity contribution is 5.89. The van der Waals surface area contributed by atoms with Crippen LogP contribution in [0.5, 0.6) is 11.5 Å². The number of rotatable bonds is 6. The van der Waals surface area contributed by atoms with Gasteiger partial charge in [-0.15, -0.1) is 0 Å². The summed E-state index contributed by atoms with van der Waals surface area (Å²) in [6.45, 7) is 3.39. The number of hydrogen-bond acceptors (Lipinski definition) is 8. The summed E-state index contributed by atoms with van der Waals surface area (Å²) in [6, 6.07) is 13.3. The van der Waals surface area contributed by atoms with Gasteiger partial charge in [-0.25, -0.2) is 9.78 Å². The van der Waals surface area contributed by atoms with Crippen LogP contribution in [0.2, 0.25) is 0 Å². The molecule has 1 aromatic heterocycles. The third-order valence-corrected chi connectivity index (χ3v) is 5.58. The fourth-order valence-corrected chi connectivity index (χ4v) is 3.83. The molecule has 9 heteroatoms. The summed E-state index contributed by atoms with van der Waals surface area (Å²) >= 11 is 0. The van der Waals surface area contributed by atoms with Gasteiger partial charge < -0.3 is 23.5 Å². The van der Waals surface area contributed by atoms with E-state index >= 15 is 0 Å². The molecular formula is C24H23N3O6. The molecule has 0 aliphatic carbocycles. The molecule has 33 heavy (non-hydrogen) atoms. The molecule has 2 aliphatic rings. The number of fused-ring (bicyclic) bond motifs is 2. The second-order valence-corrected chi connectivity index (χ2v) is 7.81. The summed E-state index contributed by atoms with van der Waals surface area (Å²) in [5.41, 5.74) is 2.48. The van der Waals surface area contributed by atoms with Crippen molar-refractivity contribution in [3.05, 3.63) is 60.0 Å². The lowest BCUT2D eigenvalue weighted by molar-refractivity contribution is -0.149. The fraction of sp³-hybridized carbons (Fsp3) is 0.292. The summed E-state index contributed by atoms with van der Waals surface area (Å²) in [4.78, 5) is 32.7. The molecule has 1 fully saturated rings. The van der Waals surface area contributed by atoms with Crippen molar-refractivity contribution in [1.29, 1.82) is 0 Å². The van der Waals surface area contributed by atoms with E-state index in [1.807, 2.05) is 36.4 Å². The van der Waals surface area contributed by atoms with Crippen LogP contribution < -0.4 is 9.47 Å². The lowest BCUT2D eigenvalue weighted by Gasteiger charge is -2.34. The Hall–Kier alpha value is -3.85. The normalized spacial score (nSPS) is 15.9. The van der Waals surface area contributed by atoms with Gasteiger partial charge in [0.05, 0.1) is 0 Å². The number of piperazine rings is 1. The minimum absolute atomic E-state index is 0.207. The van der Waals surface area contributed by atoms with Crippen molar-refractivity contribution in [1.82, 2.24) is 14.8 Å². The Morgan fingerprint density at radius 2 is 1.85 bits per heavy atom. The van der Waals surface area contributed by atoms with E-state index in [0.29, 0.717) is 30.1 Å². The van der Waals surface area contributed by atoms with Gasteiger partial charge in [0.1, 0.15) is 5.52 Å². The third-order valence-electron chi connectivity index (χ3n) is 5.58. The van der Waals surface area contributed by atoms with E-state index in [1.165, 1.54) is 12.2 Å². The zero-order valence-corrected chi connectivity index (χ0v) is 17.9. The Labute approximate surface area is 190 Å². The summed E-state index contributed by atoms with van der Waals surface area (Å²) in [5, 5.41) is 0. The number of carbonyl (C=O) groups excluding carboxylic acids is 2. The molecule has 5 rings (SSSR count). The van der Waals surface area contributed by atoms with E-state index in [0.717, 1.165) is 36.7 Å². The van der Waals surface area contributed by atoms with Gasteiger partial charge >= 0.3 is 5.97 Å². The molecule has 0 unspecified atom stereocenters. The Bertz CT molecular complexity index is 1160. The first-order valence-electron chi connectivity index (χ1n) is 10.7. The van der Waals surface area contributed by atoms with Crippen LogP contribution in [0.1, 0.15) is 11.5 Å². The lowest BCUT2D eigenvalue weighted by atomic mass is 10.1. The molecule has 0 atom stereocenters. The van der Waals surface area contributed by atoms with Crippen molar-refractivity contribution in [3.8, 4) is 11.5 Å². The highest BCUT2D eigenvalue weighted by Crippen LogP contribution is 2.32. The molecule has 0 spiro atoms. The van der Waals surface area contributed by atoms with Gasteiger partial charge in [0, 0.05) is 44.9 Å². The van der Waals surface area contributed by atoms with Crippen LogP contribution in [0.4, 0.5) is 0 Å². The molecule has 0 bridgehead atoms. The second-order valence-electron chi connectivity index (χ2n) is 7.81. The van der Waals surface area contributed by atoms with E-state index in [1.54, 1.807) is 11.0 Å². The van der Waals surface area contributed by atoms with Crippen molar-refractivity contribution in [2.24, 2.45) is 0 Å². The average molecular weight is 449 g/mol. The maximum absolute atomic E-state index is 12.4. The van der Waals surface area contributed by atoms with Crippen LogP contribution in [-0.2, 0) is 20.9 Å². The van der Waals surface area contributed by atoms with E-state index < -0.39 is 5.97 Å². The number of amides is 1. The van der Waals surface area contributed by atoms with Gasteiger partial charge in [-0.3, -0.25) is 9.69 Å². The number of ether oxygens (including phenoxy) is 3. The van der Waals surface area contributed by atoms with Crippen molar-refractivity contribution < 1.29 is 28.2 Å². The Morgan fingerprint density at radius 1 is 1.03 bits per heavy atom. The predicted octanol–water partition coefficient (Wildman–Crippen LogP) is 2.46. The number of aromatic nitrogens is 1. The van der Waals surface area contributed by atoms with Gasteiger partial charge in [-0.05, 0) is 29.8 Å². The highest BCUT2D eigenvalue weighted by atomic mass is 16.7. The minimum atomic E-state index is -0.618. The fourth-order valence-electron chi connectivity index (χ4n) is 3.83. The summed E-state index contributed by atoms with van der Waals surface area (Å²) < 4.78 is 21.4. The average Bonchev–Trinajstić information content (AvgIpc) is 3.48. The summed E-state index contributed by atoms with van der Waals surface area (Å²) in [7, 11) is 0. The van der Waals surface area contributed by atoms with Crippen LogP contribution in [0, 0.1) is 0 Å². The number of hydrogen-bond donors (Lipinski definition) is 0. The molecule has 0 radical (unpaired) electrons. The zero-order valence-electron chi connectivity index (χ0n) is 17.9. The van der Waals surface area contributed by atoms with Crippen LogP contribution in [-0.4, -0.2) is 66.2 Å². The Balaban J connectivity index is 1.05. The van der Waals surface area contributed by atoms with Gasteiger partial charge in [0.25, 0.3) is 5.91 Å². The molecule has 3 heterocycles. The van der Waals surface area contributed by atoms with Gasteiger partial charge in [-0.2, -0.15) is 0 Å². The summed E-state index contributed by atoms with van der Waals surface area (Å²) in [5.74, 6) is 1.02. The Morgan fingerprint density at radius 3 is 2.70 bits per heavy atom. The molecule has 2 aromatic carbocycles. The summed E-state index contributed by atoms with van der Waals surface area (Å²) in [6.07, 6.45) is 2.64. The lowest BCUT2D eigenvalue weighted by Crippen LogP contribution is -2.49. The minimum Gasteiger partial charge on any atom is -0.454 e. The topological polar surface area (TPSA) is 94.3 Å². The molecule has 0 N–H and O–H groups in total. The maximum atomic E-state index is 12.4. The smallest absolute Gasteiger partial charge is 0.331 e. The largest absolute Gasteiger partial charge is 0.454 e. The quantitative estimate of drug-likeness (QED) is 0.419. The molecule has 0 saturated carbocycles. The van der Waals surface area contributed by atoms with E-state index in [9.17, 15) is 9.59 Å². The first-order chi connectivity index (χ1) is 16.1. The number of nitrogens with zero attached hydrogens (tertiary/aromatic N) is 3. The second kappa shape index (κ2) is 9.33. The number of oxazole rings is 1. The van der Waals surface area contributed by atoms with Gasteiger partial charge in [0.15, 0.2) is 23.7 Å². The number of carbonyl (C=O) groups is 2. The number of para-hydroxylation sites is 2. The molecule has 1 amide bonds. The first-order valence-corrected chi connectivity index (χ1v) is 10.7. The van der Waals surface area contributed by atoms with Crippen molar-refractivity contribution in [3.63, 3.8) is 0 Å². The molecular weight excluding hydrogens is 426 g/mol. The molecule has 1 saturated heterocycles. The molecule has 9 nitrogen and oxygen atoms in total. The zero-order chi connectivity index (χ0) is 22.6. The third kappa shape index (κ3) is 4.98. The van der Waals surface area contributed by atoms with Crippen LogP contribution in [0.25, 0.3) is 17.2 Å². The number of benzene rings is 2. The van der Waals surface area contributed by atoms with Crippen LogP contribution in [0.3, 0.4) is 0 Å². The van der Waals surface area contributed by atoms with Crippen LogP contribution >= 0.6 is 0 Å². The Kier molecular flexibility index (Phi) is 5.95. The van der Waals surface area contributed by atoms with Gasteiger partial charge in [0.2, 0.25) is 12.7 Å². The standard InChI is InChI=1S/C24H23N3O6/c28-23(15-30-24(29)8-7-22-25-18-3-1-2-4-19(18)33-22)27-11-9-26(10-12-27)14-17-5-6-20-21(13-17)32-16-31-20/h1-8,13H,9-12,14-16H2/b8-7+. The van der Waals surface area contributed by atoms with Crippen molar-refractivity contribution in [2.45, 2.75) is 6.54 Å².